The van der Waals surface area contributed by atoms with Gasteiger partial charge < -0.3 is 9.64 Å². The number of carbonyl (C=O) groups excluding carboxylic acids is 1. The first-order valence-electron chi connectivity index (χ1n) is 6.93. The molecule has 1 amide bonds. The molecule has 21 heavy (non-hydrogen) atoms. The fraction of sp³-hybridized carbons (Fsp3) is 0.500. The average molecular weight is 293 g/mol. The zero-order valence-corrected chi connectivity index (χ0v) is 12.1. The van der Waals surface area contributed by atoms with E-state index in [0.29, 0.717) is 25.3 Å². The van der Waals surface area contributed by atoms with E-state index < -0.39 is 4.92 Å². The van der Waals surface area contributed by atoms with Crippen LogP contribution < -0.4 is 5.32 Å². The summed E-state index contributed by atoms with van der Waals surface area (Å²) in [6.45, 7) is 5.17. The van der Waals surface area contributed by atoms with E-state index in [4.69, 9.17) is 4.74 Å². The van der Waals surface area contributed by atoms with Crippen LogP contribution >= 0.6 is 0 Å². The third-order valence-electron chi connectivity index (χ3n) is 3.45. The van der Waals surface area contributed by atoms with Crippen LogP contribution in [0.4, 0.5) is 5.69 Å². The van der Waals surface area contributed by atoms with Gasteiger partial charge in [-0.15, -0.1) is 0 Å². The van der Waals surface area contributed by atoms with Gasteiger partial charge in [-0.3, -0.25) is 20.2 Å². The summed E-state index contributed by atoms with van der Waals surface area (Å²) in [4.78, 5) is 24.3. The summed E-state index contributed by atoms with van der Waals surface area (Å²) in [6, 6.07) is 6.04. The van der Waals surface area contributed by atoms with E-state index in [-0.39, 0.29) is 23.8 Å². The minimum Gasteiger partial charge on any atom is -0.380 e. The van der Waals surface area contributed by atoms with Gasteiger partial charge in [-0.2, -0.15) is 0 Å². The van der Waals surface area contributed by atoms with Crippen molar-refractivity contribution in [1.29, 1.82) is 0 Å². The molecule has 1 aliphatic rings. The Balaban J connectivity index is 2.21. The third kappa shape index (κ3) is 3.37. The first-order valence-corrected chi connectivity index (χ1v) is 6.93. The second kappa shape index (κ2) is 6.64. The number of ether oxygens (including phenoxy) is 1. The van der Waals surface area contributed by atoms with Crippen LogP contribution in [-0.4, -0.2) is 41.5 Å². The van der Waals surface area contributed by atoms with Crippen molar-refractivity contribution < 1.29 is 14.5 Å². The molecule has 0 saturated carbocycles. The molecule has 0 aliphatic carbocycles. The van der Waals surface area contributed by atoms with E-state index in [1.54, 1.807) is 24.0 Å². The van der Waals surface area contributed by atoms with Crippen LogP contribution in [0, 0.1) is 10.1 Å². The van der Waals surface area contributed by atoms with Crippen molar-refractivity contribution in [3.8, 4) is 0 Å². The predicted molar refractivity (Wildman–Crippen MR) is 76.6 cm³/mol. The molecule has 1 aromatic rings. The van der Waals surface area contributed by atoms with Crippen LogP contribution in [0.2, 0.25) is 0 Å². The molecule has 1 N–H and O–H groups in total. The largest absolute Gasteiger partial charge is 0.380 e. The minimum absolute atomic E-state index is 0.0195. The summed E-state index contributed by atoms with van der Waals surface area (Å²) in [6.07, 6.45) is -0.354. The normalized spacial score (nSPS) is 21.8. The quantitative estimate of drug-likeness (QED) is 0.487. The van der Waals surface area contributed by atoms with E-state index in [0.717, 1.165) is 0 Å². The maximum absolute atomic E-state index is 12.2. The molecule has 2 unspecified atom stereocenters. The zero-order chi connectivity index (χ0) is 15.4. The third-order valence-corrected chi connectivity index (χ3v) is 3.45. The Morgan fingerprint density at radius 2 is 2.24 bits per heavy atom. The maximum atomic E-state index is 12.2. The number of nitrogens with zero attached hydrogens (tertiary/aromatic N) is 2. The van der Waals surface area contributed by atoms with Crippen molar-refractivity contribution >= 4 is 11.6 Å². The Morgan fingerprint density at radius 3 is 2.90 bits per heavy atom. The van der Waals surface area contributed by atoms with Gasteiger partial charge in [0.15, 0.2) is 0 Å². The van der Waals surface area contributed by atoms with Gasteiger partial charge in [0.05, 0.1) is 17.6 Å². The van der Waals surface area contributed by atoms with Gasteiger partial charge in [-0.1, -0.05) is 12.1 Å². The monoisotopic (exact) mass is 293 g/mol. The van der Waals surface area contributed by atoms with Crippen molar-refractivity contribution in [2.24, 2.45) is 0 Å². The lowest BCUT2D eigenvalue weighted by molar-refractivity contribution is -0.385. The number of amides is 1. The summed E-state index contributed by atoms with van der Waals surface area (Å²) in [5.41, 5.74) is 0.726. The van der Waals surface area contributed by atoms with Crippen molar-refractivity contribution in [1.82, 2.24) is 10.2 Å². The van der Waals surface area contributed by atoms with Crippen LogP contribution in [0.25, 0.3) is 0 Å². The Bertz CT molecular complexity index is 535. The van der Waals surface area contributed by atoms with E-state index in [1.807, 2.05) is 6.92 Å². The Labute approximate surface area is 123 Å². The first-order chi connectivity index (χ1) is 10.0. The van der Waals surface area contributed by atoms with Crippen molar-refractivity contribution in [3.63, 3.8) is 0 Å². The number of non-ortho nitro benzene ring substituents is 1. The first kappa shape index (κ1) is 15.4. The highest BCUT2D eigenvalue weighted by Crippen LogP contribution is 2.27. The number of carbonyl (C=O) groups is 1. The molecule has 1 heterocycles. The van der Waals surface area contributed by atoms with Crippen molar-refractivity contribution in [3.05, 3.63) is 39.9 Å². The van der Waals surface area contributed by atoms with Crippen LogP contribution in [0.5, 0.6) is 0 Å². The number of hydrogen-bond donors (Lipinski definition) is 1. The number of nitro groups is 1. The van der Waals surface area contributed by atoms with Crippen LogP contribution in [0.3, 0.4) is 0 Å². The van der Waals surface area contributed by atoms with Gasteiger partial charge >= 0.3 is 0 Å². The maximum Gasteiger partial charge on any atom is 0.269 e. The van der Waals surface area contributed by atoms with E-state index in [9.17, 15) is 14.9 Å². The molecule has 0 radical (unpaired) electrons. The molecular formula is C14H19N3O4. The van der Waals surface area contributed by atoms with Gasteiger partial charge in [0.1, 0.15) is 6.17 Å². The highest BCUT2D eigenvalue weighted by atomic mass is 16.6. The van der Waals surface area contributed by atoms with E-state index >= 15 is 0 Å². The molecule has 2 atom stereocenters. The summed E-state index contributed by atoms with van der Waals surface area (Å²) in [5.74, 6) is -0.0220. The molecule has 0 bridgehead atoms. The van der Waals surface area contributed by atoms with Gasteiger partial charge in [-0.05, 0) is 19.4 Å². The van der Waals surface area contributed by atoms with Crippen LogP contribution in [-0.2, 0) is 9.53 Å². The second-order valence-electron chi connectivity index (χ2n) is 4.87. The molecule has 2 rings (SSSR count). The van der Waals surface area contributed by atoms with Crippen molar-refractivity contribution in [2.75, 3.05) is 19.8 Å². The van der Waals surface area contributed by atoms with Gasteiger partial charge in [0, 0.05) is 25.3 Å². The molecule has 1 fully saturated rings. The smallest absolute Gasteiger partial charge is 0.269 e. The molecule has 114 valence electrons. The zero-order valence-electron chi connectivity index (χ0n) is 12.1. The Morgan fingerprint density at radius 1 is 1.48 bits per heavy atom. The van der Waals surface area contributed by atoms with Crippen LogP contribution in [0.1, 0.15) is 25.6 Å². The number of hydrogen-bond acceptors (Lipinski definition) is 5. The molecule has 1 aliphatic heterocycles. The highest BCUT2D eigenvalue weighted by Gasteiger charge is 2.37. The highest BCUT2D eigenvalue weighted by molar-refractivity contribution is 5.84. The molecule has 7 nitrogen and oxygen atoms in total. The fourth-order valence-electron chi connectivity index (χ4n) is 2.41. The molecular weight excluding hydrogens is 274 g/mol. The van der Waals surface area contributed by atoms with Gasteiger partial charge in [-0.25, -0.2) is 0 Å². The second-order valence-corrected chi connectivity index (χ2v) is 4.87. The molecule has 7 heteroatoms. The van der Waals surface area contributed by atoms with E-state index in [1.165, 1.54) is 12.1 Å². The number of benzene rings is 1. The SMILES string of the molecule is CCOCCN1C(=O)C(C)NC1c1cccc([N+](=O)[O-])c1. The standard InChI is InChI=1S/C14H19N3O4/c1-3-21-8-7-16-13(15-10(2)14(16)18)11-5-4-6-12(9-11)17(19)20/h4-6,9-10,13,15H,3,7-8H2,1-2H3. The number of nitrogens with one attached hydrogen (secondary N) is 1. The van der Waals surface area contributed by atoms with Gasteiger partial charge in [0.25, 0.3) is 5.69 Å². The Hall–Kier alpha value is -1.99. The summed E-state index contributed by atoms with van der Waals surface area (Å²) in [7, 11) is 0. The lowest BCUT2D eigenvalue weighted by Crippen LogP contribution is -2.33. The molecule has 1 saturated heterocycles. The number of nitro benzene ring substituents is 1. The fourth-order valence-corrected chi connectivity index (χ4v) is 2.41. The lowest BCUT2D eigenvalue weighted by atomic mass is 10.1. The van der Waals surface area contributed by atoms with Gasteiger partial charge in [0.2, 0.25) is 5.91 Å². The van der Waals surface area contributed by atoms with E-state index in [2.05, 4.69) is 5.32 Å². The minimum atomic E-state index is -0.436. The average Bonchev–Trinajstić information content (AvgIpc) is 2.76. The summed E-state index contributed by atoms with van der Waals surface area (Å²) >= 11 is 0. The lowest BCUT2D eigenvalue weighted by Gasteiger charge is -2.24. The predicted octanol–water partition coefficient (Wildman–Crippen LogP) is 1.45. The Kier molecular flexibility index (Phi) is 4.87. The molecule has 1 aromatic carbocycles. The topological polar surface area (TPSA) is 84.7 Å². The molecule has 0 aromatic heterocycles. The summed E-state index contributed by atoms with van der Waals surface area (Å²) in [5, 5.41) is 14.0. The molecule has 0 spiro atoms. The summed E-state index contributed by atoms with van der Waals surface area (Å²) < 4.78 is 5.30. The van der Waals surface area contributed by atoms with Crippen LogP contribution in [0.15, 0.2) is 24.3 Å². The van der Waals surface area contributed by atoms with Crippen molar-refractivity contribution in [2.45, 2.75) is 26.1 Å². The number of rotatable bonds is 6.